The highest BCUT2D eigenvalue weighted by molar-refractivity contribution is 5.99. The van der Waals surface area contributed by atoms with Crippen LogP contribution in [0.4, 0.5) is 0 Å². The quantitative estimate of drug-likeness (QED) is 0.326. The van der Waals surface area contributed by atoms with Crippen LogP contribution in [0.1, 0.15) is 62.2 Å². The highest BCUT2D eigenvalue weighted by Gasteiger charge is 2.31. The molecule has 2 N–H and O–H groups in total. The molecule has 0 unspecified atom stereocenters. The Labute approximate surface area is 154 Å². The molecule has 0 spiro atoms. The first kappa shape index (κ1) is 21.7. The largest absolute Gasteiger partial charge is 0.503 e. The lowest BCUT2D eigenvalue weighted by molar-refractivity contribution is 0.0488. The van der Waals surface area contributed by atoms with Gasteiger partial charge in [0.05, 0.1) is 27.9 Å². The van der Waals surface area contributed by atoms with Gasteiger partial charge in [-0.05, 0) is 6.42 Å². The summed E-state index contributed by atoms with van der Waals surface area (Å²) in [6, 6.07) is 0. The van der Waals surface area contributed by atoms with E-state index in [0.29, 0.717) is 0 Å². The number of unbranched alkanes of at least 4 members (excludes halogenated alkanes) is 6. The van der Waals surface area contributed by atoms with E-state index in [4.69, 9.17) is 18.9 Å². The Hall–Kier alpha value is -2.31. The van der Waals surface area contributed by atoms with E-state index in [2.05, 4.69) is 6.92 Å². The number of esters is 1. The number of benzene rings is 1. The topological polar surface area (TPSA) is 94.5 Å². The fourth-order valence-corrected chi connectivity index (χ4v) is 2.71. The third-order valence-electron chi connectivity index (χ3n) is 4.11. The summed E-state index contributed by atoms with van der Waals surface area (Å²) in [6.07, 6.45) is 7.67. The fourth-order valence-electron chi connectivity index (χ4n) is 2.71. The van der Waals surface area contributed by atoms with Crippen LogP contribution in [0.15, 0.2) is 0 Å². The average molecular weight is 370 g/mol. The van der Waals surface area contributed by atoms with Crippen molar-refractivity contribution < 1.29 is 34.0 Å². The third-order valence-corrected chi connectivity index (χ3v) is 4.11. The molecule has 1 aromatic rings. The maximum Gasteiger partial charge on any atom is 0.346 e. The van der Waals surface area contributed by atoms with Gasteiger partial charge in [-0.2, -0.15) is 0 Å². The minimum Gasteiger partial charge on any atom is -0.503 e. The van der Waals surface area contributed by atoms with E-state index in [1.807, 2.05) is 0 Å². The Kier molecular flexibility index (Phi) is 9.47. The van der Waals surface area contributed by atoms with Crippen molar-refractivity contribution in [1.82, 2.24) is 0 Å². The molecule has 0 saturated heterocycles. The summed E-state index contributed by atoms with van der Waals surface area (Å²) in [5.41, 5.74) is -0.286. The smallest absolute Gasteiger partial charge is 0.346 e. The summed E-state index contributed by atoms with van der Waals surface area (Å²) < 4.78 is 20.6. The molecule has 0 fully saturated rings. The lowest BCUT2D eigenvalue weighted by Gasteiger charge is -2.18. The number of rotatable bonds is 12. The zero-order valence-corrected chi connectivity index (χ0v) is 16.1. The van der Waals surface area contributed by atoms with E-state index < -0.39 is 17.5 Å². The first-order chi connectivity index (χ1) is 12.5. The van der Waals surface area contributed by atoms with Crippen LogP contribution in [-0.2, 0) is 4.74 Å². The van der Waals surface area contributed by atoms with Crippen molar-refractivity contribution in [3.63, 3.8) is 0 Å². The van der Waals surface area contributed by atoms with Crippen LogP contribution in [0.25, 0.3) is 0 Å². The van der Waals surface area contributed by atoms with Gasteiger partial charge in [0.25, 0.3) is 0 Å². The number of hydrogen-bond acceptors (Lipinski definition) is 7. The molecule has 1 rings (SSSR count). The third kappa shape index (κ3) is 5.34. The highest BCUT2D eigenvalue weighted by Crippen LogP contribution is 2.52. The van der Waals surface area contributed by atoms with Gasteiger partial charge in [-0.1, -0.05) is 45.4 Å². The van der Waals surface area contributed by atoms with Crippen molar-refractivity contribution in [2.45, 2.75) is 51.9 Å². The summed E-state index contributed by atoms with van der Waals surface area (Å²) in [4.78, 5) is 12.4. The average Bonchev–Trinajstić information content (AvgIpc) is 2.64. The summed E-state index contributed by atoms with van der Waals surface area (Å²) in [6.45, 7) is 2.40. The summed E-state index contributed by atoms with van der Waals surface area (Å²) in [5, 5.41) is 20.2. The van der Waals surface area contributed by atoms with E-state index in [9.17, 15) is 15.0 Å². The van der Waals surface area contributed by atoms with Gasteiger partial charge in [-0.25, -0.2) is 4.79 Å². The predicted octanol–water partition coefficient (Wildman–Crippen LogP) is 4.03. The van der Waals surface area contributed by atoms with Crippen molar-refractivity contribution in [1.29, 1.82) is 0 Å². The van der Waals surface area contributed by atoms with E-state index in [1.54, 1.807) is 0 Å². The van der Waals surface area contributed by atoms with Gasteiger partial charge < -0.3 is 29.2 Å². The van der Waals surface area contributed by atoms with Crippen LogP contribution >= 0.6 is 0 Å². The van der Waals surface area contributed by atoms with Crippen molar-refractivity contribution in [3.05, 3.63) is 5.56 Å². The molecule has 148 valence electrons. The molecule has 0 aliphatic carbocycles. The number of hydrogen-bond donors (Lipinski definition) is 2. The van der Waals surface area contributed by atoms with Crippen molar-refractivity contribution in [2.24, 2.45) is 0 Å². The summed E-state index contributed by atoms with van der Waals surface area (Å²) in [7, 11) is 3.96. The number of ether oxygens (including phenoxy) is 4. The van der Waals surface area contributed by atoms with Gasteiger partial charge in [-0.3, -0.25) is 0 Å². The van der Waals surface area contributed by atoms with Gasteiger partial charge >= 0.3 is 5.97 Å². The van der Waals surface area contributed by atoms with Gasteiger partial charge in [0, 0.05) is 0 Å². The monoisotopic (exact) mass is 370 g/mol. The second-order valence-electron chi connectivity index (χ2n) is 5.93. The van der Waals surface area contributed by atoms with Crippen LogP contribution in [0.5, 0.6) is 28.7 Å². The molecule has 0 aliphatic rings. The standard InChI is InChI=1S/C19H30O7/c1-5-6-7-8-9-10-11-12-26-19(22)13-14(20)15(21)17(24-3)18(25-4)16(13)23-2/h20-21H,5-12H2,1-4H3. The molecule has 0 heterocycles. The maximum atomic E-state index is 12.4. The lowest BCUT2D eigenvalue weighted by atomic mass is 10.1. The molecule has 0 saturated carbocycles. The van der Waals surface area contributed by atoms with Crippen molar-refractivity contribution in [2.75, 3.05) is 27.9 Å². The summed E-state index contributed by atoms with van der Waals surface area (Å²) >= 11 is 0. The van der Waals surface area contributed by atoms with E-state index >= 15 is 0 Å². The second-order valence-corrected chi connectivity index (χ2v) is 5.93. The van der Waals surface area contributed by atoms with Crippen LogP contribution in [0, 0.1) is 0 Å². The van der Waals surface area contributed by atoms with Crippen molar-refractivity contribution >= 4 is 5.97 Å². The van der Waals surface area contributed by atoms with Crippen LogP contribution in [0.3, 0.4) is 0 Å². The molecular formula is C19H30O7. The van der Waals surface area contributed by atoms with Crippen molar-refractivity contribution in [3.8, 4) is 28.7 Å². The fraction of sp³-hybridized carbons (Fsp3) is 0.632. The number of phenols is 2. The minimum absolute atomic E-state index is 0.00757. The molecular weight excluding hydrogens is 340 g/mol. The Morgan fingerprint density at radius 1 is 0.769 bits per heavy atom. The van der Waals surface area contributed by atoms with Gasteiger partial charge in [0.2, 0.25) is 17.2 Å². The first-order valence-electron chi connectivity index (χ1n) is 8.94. The van der Waals surface area contributed by atoms with Crippen LogP contribution in [-0.4, -0.2) is 44.1 Å². The molecule has 26 heavy (non-hydrogen) atoms. The van der Waals surface area contributed by atoms with Gasteiger partial charge in [0.15, 0.2) is 17.1 Å². The first-order valence-corrected chi connectivity index (χ1v) is 8.94. The Morgan fingerprint density at radius 3 is 1.85 bits per heavy atom. The van der Waals surface area contributed by atoms with Gasteiger partial charge in [-0.15, -0.1) is 0 Å². The Morgan fingerprint density at radius 2 is 1.31 bits per heavy atom. The molecule has 7 nitrogen and oxygen atoms in total. The SMILES string of the molecule is CCCCCCCCCOC(=O)c1c(O)c(O)c(OC)c(OC)c1OC. The Bertz CT molecular complexity index is 584. The number of methoxy groups -OCH3 is 3. The molecule has 0 aliphatic heterocycles. The zero-order valence-electron chi connectivity index (χ0n) is 16.1. The molecule has 0 bridgehead atoms. The highest BCUT2D eigenvalue weighted by atomic mass is 16.5. The number of carbonyl (C=O) groups is 1. The maximum absolute atomic E-state index is 12.4. The molecule has 0 atom stereocenters. The number of carbonyl (C=O) groups excluding carboxylic acids is 1. The van der Waals surface area contributed by atoms with Crippen LogP contribution in [0.2, 0.25) is 0 Å². The van der Waals surface area contributed by atoms with E-state index in [1.165, 1.54) is 47.0 Å². The van der Waals surface area contributed by atoms with Gasteiger partial charge in [0.1, 0.15) is 0 Å². The van der Waals surface area contributed by atoms with E-state index in [-0.39, 0.29) is 29.4 Å². The minimum atomic E-state index is -0.790. The van der Waals surface area contributed by atoms with E-state index in [0.717, 1.165) is 19.3 Å². The molecule has 0 aromatic heterocycles. The molecule has 0 amide bonds. The molecule has 7 heteroatoms. The predicted molar refractivity (Wildman–Crippen MR) is 97.7 cm³/mol. The Balaban J connectivity index is 2.75. The second kappa shape index (κ2) is 11.3. The summed E-state index contributed by atoms with van der Waals surface area (Å²) in [5.74, 6) is -2.22. The zero-order chi connectivity index (χ0) is 19.5. The lowest BCUT2D eigenvalue weighted by Crippen LogP contribution is -2.10. The number of phenolic OH excluding ortho intramolecular Hbond substituents is 2. The number of aromatic hydroxyl groups is 2. The normalized spacial score (nSPS) is 10.5. The van der Waals surface area contributed by atoms with Crippen LogP contribution < -0.4 is 14.2 Å². The molecule has 1 aromatic carbocycles. The molecule has 0 radical (unpaired) electrons.